The lowest BCUT2D eigenvalue weighted by atomic mass is 9.44. The predicted octanol–water partition coefficient (Wildman–Crippen LogP) is 8.10. The Kier molecular flexibility index (Phi) is 8.69. The molecule has 1 saturated heterocycles. The normalized spacial score (nSPS) is 26.5. The van der Waals surface area contributed by atoms with Crippen molar-refractivity contribution in [2.24, 2.45) is 23.7 Å². The Hall–Kier alpha value is -5.07. The molecule has 4 aliphatic rings. The molecule has 2 fully saturated rings. The molecular formula is C41H30BrClF3N3O5. The number of nitrogens with zero attached hydrogens (tertiary/aromatic N) is 3. The van der Waals surface area contributed by atoms with Gasteiger partial charge >= 0.3 is 6.18 Å². The van der Waals surface area contributed by atoms with Gasteiger partial charge in [0.15, 0.2) is 17.4 Å². The van der Waals surface area contributed by atoms with Gasteiger partial charge in [0.05, 0.1) is 22.3 Å². The van der Waals surface area contributed by atoms with Crippen molar-refractivity contribution in [1.29, 1.82) is 0 Å². The summed E-state index contributed by atoms with van der Waals surface area (Å²) in [5.41, 5.74) is -0.510. The van der Waals surface area contributed by atoms with Crippen LogP contribution in [0.15, 0.2) is 113 Å². The number of benzene rings is 3. The summed E-state index contributed by atoms with van der Waals surface area (Å²) in [6.45, 7) is 0. The highest BCUT2D eigenvalue weighted by molar-refractivity contribution is 9.10. The molecule has 8 nitrogen and oxygen atoms in total. The smallest absolute Gasteiger partial charge is 0.433 e. The zero-order chi connectivity index (χ0) is 38.3. The number of Topliss-reactive ketones (excluding diaryl/α,β-unsaturated/α-hetero) is 1. The number of alkyl halides is 3. The van der Waals surface area contributed by atoms with Gasteiger partial charge in [-0.05, 0) is 66.3 Å². The van der Waals surface area contributed by atoms with Crippen molar-refractivity contribution in [3.63, 3.8) is 0 Å². The first-order chi connectivity index (χ1) is 25.7. The summed E-state index contributed by atoms with van der Waals surface area (Å²) in [7, 11) is 1.25. The first-order valence-electron chi connectivity index (χ1n) is 17.2. The van der Waals surface area contributed by atoms with E-state index in [9.17, 15) is 27.9 Å². The summed E-state index contributed by atoms with van der Waals surface area (Å²) in [5.74, 6) is -7.35. The number of hydrazine groups is 1. The van der Waals surface area contributed by atoms with E-state index in [1.165, 1.54) is 19.2 Å². The fourth-order valence-corrected chi connectivity index (χ4v) is 9.77. The Balaban J connectivity index is 1.31. The van der Waals surface area contributed by atoms with Crippen LogP contribution in [0.3, 0.4) is 0 Å². The number of amides is 2. The molecule has 0 radical (unpaired) electrons. The summed E-state index contributed by atoms with van der Waals surface area (Å²) < 4.78 is 41.6. The maximum Gasteiger partial charge on any atom is 0.433 e. The van der Waals surface area contributed by atoms with Gasteiger partial charge in [-0.1, -0.05) is 99.8 Å². The quantitative estimate of drug-likeness (QED) is 0.160. The highest BCUT2D eigenvalue weighted by Crippen LogP contribution is 2.64. The second-order valence-corrected chi connectivity index (χ2v) is 15.3. The maximum atomic E-state index is 15.1. The largest absolute Gasteiger partial charge is 0.508 e. The van der Waals surface area contributed by atoms with Crippen molar-refractivity contribution in [3.8, 4) is 5.75 Å². The first kappa shape index (κ1) is 35.9. The van der Waals surface area contributed by atoms with Crippen LogP contribution in [0, 0.1) is 23.7 Å². The molecule has 1 N–H and O–H groups in total. The van der Waals surface area contributed by atoms with Crippen LogP contribution in [-0.2, 0) is 30.8 Å². The summed E-state index contributed by atoms with van der Waals surface area (Å²) in [6.07, 6.45) is -1.54. The number of fused-ring (bicyclic) bond motifs is 4. The summed E-state index contributed by atoms with van der Waals surface area (Å²) in [4.78, 5) is 62.6. The van der Waals surface area contributed by atoms with E-state index in [1.54, 1.807) is 72.8 Å². The number of allylic oxidation sites excluding steroid dienone is 4. The zero-order valence-corrected chi connectivity index (χ0v) is 30.8. The lowest BCUT2D eigenvalue weighted by molar-refractivity contribution is -0.141. The molecule has 274 valence electrons. The number of rotatable bonds is 5. The number of pyridine rings is 1. The molecule has 3 aromatic carbocycles. The van der Waals surface area contributed by atoms with Crippen LogP contribution in [0.5, 0.6) is 5.75 Å². The number of halogens is 5. The molecule has 2 amide bonds. The molecule has 0 bridgehead atoms. The zero-order valence-electron chi connectivity index (χ0n) is 28.4. The number of aromatic hydroxyl groups is 1. The first-order valence-corrected chi connectivity index (χ1v) is 18.4. The number of carbonyl (C=O) groups excluding carboxylic acids is 4. The van der Waals surface area contributed by atoms with E-state index in [2.05, 4.69) is 20.9 Å². The van der Waals surface area contributed by atoms with Crippen LogP contribution >= 0.6 is 27.5 Å². The molecule has 4 aromatic rings. The number of hydrogen-bond donors (Lipinski definition) is 1. The van der Waals surface area contributed by atoms with E-state index >= 15 is 9.59 Å². The van der Waals surface area contributed by atoms with Crippen molar-refractivity contribution < 1.29 is 37.5 Å². The number of carbonyl (C=O) groups is 4. The van der Waals surface area contributed by atoms with Gasteiger partial charge in [0.2, 0.25) is 0 Å². The van der Waals surface area contributed by atoms with Crippen molar-refractivity contribution in [2.45, 2.75) is 30.4 Å². The number of ketones is 2. The van der Waals surface area contributed by atoms with E-state index in [4.69, 9.17) is 11.6 Å². The lowest BCUT2D eigenvalue weighted by Crippen LogP contribution is -2.59. The Morgan fingerprint density at radius 2 is 1.61 bits per heavy atom. The number of hydrogen-bond acceptors (Lipinski definition) is 7. The van der Waals surface area contributed by atoms with Gasteiger partial charge in [-0.2, -0.15) is 18.2 Å². The topological polar surface area (TPSA) is 108 Å². The van der Waals surface area contributed by atoms with Crippen LogP contribution in [0.25, 0.3) is 5.57 Å². The Morgan fingerprint density at radius 1 is 0.926 bits per heavy atom. The number of anilines is 1. The number of phenolic OH excluding ortho intramolecular Hbond substituents is 1. The fourth-order valence-electron chi connectivity index (χ4n) is 9.17. The predicted molar refractivity (Wildman–Crippen MR) is 197 cm³/mol. The molecule has 13 heteroatoms. The maximum absolute atomic E-state index is 15.1. The van der Waals surface area contributed by atoms with E-state index in [0.717, 1.165) is 16.1 Å². The van der Waals surface area contributed by atoms with Gasteiger partial charge in [-0.25, -0.2) is 4.98 Å². The molecular weight excluding hydrogens is 787 g/mol. The van der Waals surface area contributed by atoms with Crippen molar-refractivity contribution >= 4 is 62.3 Å². The van der Waals surface area contributed by atoms with Gasteiger partial charge in [-0.3, -0.25) is 24.2 Å². The highest BCUT2D eigenvalue weighted by Gasteiger charge is 2.66. The second-order valence-electron chi connectivity index (χ2n) is 14.0. The third kappa shape index (κ3) is 5.36. The summed E-state index contributed by atoms with van der Waals surface area (Å²) in [5, 5.41) is 13.1. The molecule has 54 heavy (non-hydrogen) atoms. The van der Waals surface area contributed by atoms with E-state index in [-0.39, 0.29) is 40.8 Å². The minimum absolute atomic E-state index is 0.00104. The molecule has 1 saturated carbocycles. The fraction of sp³-hybridized carbons (Fsp3) is 0.244. The molecule has 1 aliphatic heterocycles. The molecule has 6 atom stereocenters. The number of imide groups is 1. The standard InChI is InChI=1S/C41H30BrClF3N3O5/c1-48(37-30(43)15-17-32(47-37)41(44,45)46)49-38(53)25-14-13-24-27(34(25)39(49)54)19-29-36(52)26(21-8-4-2-5-9-21)20-33(51)40(29,22-10-6-3-7-11-22)35(24)28-18-23(42)12-16-31(28)50/h2-13,15-18,20,25,27,29,34-35,50H,14,19H2,1H3. The van der Waals surface area contributed by atoms with E-state index in [0.29, 0.717) is 32.8 Å². The second kappa shape index (κ2) is 13.1. The minimum atomic E-state index is -4.82. The van der Waals surface area contributed by atoms with Crippen LogP contribution < -0.4 is 5.01 Å². The van der Waals surface area contributed by atoms with Gasteiger partial charge in [0, 0.05) is 34.5 Å². The van der Waals surface area contributed by atoms with Crippen LogP contribution in [-0.4, -0.2) is 45.5 Å². The molecule has 2 heterocycles. The van der Waals surface area contributed by atoms with Crippen LogP contribution in [0.4, 0.5) is 19.0 Å². The highest BCUT2D eigenvalue weighted by atomic mass is 79.9. The van der Waals surface area contributed by atoms with E-state index in [1.807, 2.05) is 6.08 Å². The molecule has 6 unspecified atom stereocenters. The Morgan fingerprint density at radius 3 is 2.30 bits per heavy atom. The number of aromatic nitrogens is 1. The molecule has 3 aliphatic carbocycles. The third-order valence-electron chi connectivity index (χ3n) is 11.4. The Labute approximate surface area is 321 Å². The Bertz CT molecular complexity index is 2320. The summed E-state index contributed by atoms with van der Waals surface area (Å²) >= 11 is 9.82. The molecule has 1 aromatic heterocycles. The number of phenols is 1. The van der Waals surface area contributed by atoms with Gasteiger partial charge < -0.3 is 5.11 Å². The average molecular weight is 817 g/mol. The summed E-state index contributed by atoms with van der Waals surface area (Å²) in [6, 6.07) is 24.3. The van der Waals surface area contributed by atoms with Gasteiger partial charge in [0.1, 0.15) is 11.4 Å². The minimum Gasteiger partial charge on any atom is -0.508 e. The van der Waals surface area contributed by atoms with Crippen molar-refractivity contribution in [1.82, 2.24) is 9.99 Å². The third-order valence-corrected chi connectivity index (χ3v) is 12.2. The van der Waals surface area contributed by atoms with E-state index < -0.39 is 64.5 Å². The van der Waals surface area contributed by atoms with Crippen LogP contribution in [0.1, 0.15) is 41.1 Å². The van der Waals surface area contributed by atoms with Crippen molar-refractivity contribution in [3.05, 3.63) is 141 Å². The van der Waals surface area contributed by atoms with Crippen LogP contribution in [0.2, 0.25) is 5.02 Å². The monoisotopic (exact) mass is 815 g/mol. The van der Waals surface area contributed by atoms with Crippen molar-refractivity contribution in [2.75, 3.05) is 12.1 Å². The van der Waals surface area contributed by atoms with Gasteiger partial charge in [-0.15, -0.1) is 0 Å². The average Bonchev–Trinajstić information content (AvgIpc) is 3.42. The SMILES string of the molecule is CN(c1nc(C(F)(F)F)ccc1Cl)N1C(=O)C2CC=C3C(CC4C(=O)C(c5ccccc5)=CC(=O)C4(c4ccccc4)C3c3cc(Br)ccc3O)C2C1=O. The van der Waals surface area contributed by atoms with Gasteiger partial charge in [0.25, 0.3) is 11.8 Å². The lowest BCUT2D eigenvalue weighted by Gasteiger charge is -2.55. The molecule has 0 spiro atoms. The molecule has 8 rings (SSSR count).